The van der Waals surface area contributed by atoms with E-state index >= 15 is 0 Å². The van der Waals surface area contributed by atoms with Crippen molar-refractivity contribution >= 4 is 15.7 Å². The second-order valence-corrected chi connectivity index (χ2v) is 6.63. The zero-order valence-corrected chi connectivity index (χ0v) is 9.77. The minimum absolute atomic E-state index is 0.0227. The van der Waals surface area contributed by atoms with Crippen molar-refractivity contribution in [2.24, 2.45) is 5.73 Å². The summed E-state index contributed by atoms with van der Waals surface area (Å²) < 4.78 is 21.6. The van der Waals surface area contributed by atoms with E-state index in [1.54, 1.807) is 0 Å². The Labute approximate surface area is 90.3 Å². The maximum Gasteiger partial charge on any atom is 0.221 e. The van der Waals surface area contributed by atoms with Crippen LogP contribution in [0, 0.1) is 0 Å². The zero-order valence-electron chi connectivity index (χ0n) is 8.95. The van der Waals surface area contributed by atoms with Crippen LogP contribution in [0.1, 0.15) is 25.7 Å². The van der Waals surface area contributed by atoms with Gasteiger partial charge in [-0.15, -0.1) is 0 Å². The van der Waals surface area contributed by atoms with Gasteiger partial charge in [0.2, 0.25) is 5.91 Å². The van der Waals surface area contributed by atoms with Crippen molar-refractivity contribution in [3.63, 3.8) is 0 Å². The van der Waals surface area contributed by atoms with Crippen LogP contribution in [-0.2, 0) is 14.6 Å². The Kier molecular flexibility index (Phi) is 3.72. The Balaban J connectivity index is 2.19. The van der Waals surface area contributed by atoms with Gasteiger partial charge in [-0.2, -0.15) is 0 Å². The number of hydrogen-bond donors (Lipinski definition) is 2. The molecule has 1 amide bonds. The molecule has 1 rings (SSSR count). The molecular weight excluding hydrogens is 216 g/mol. The van der Waals surface area contributed by atoms with Gasteiger partial charge >= 0.3 is 0 Å². The van der Waals surface area contributed by atoms with Gasteiger partial charge in [-0.1, -0.05) is 0 Å². The summed E-state index contributed by atoms with van der Waals surface area (Å²) in [4.78, 5) is 11.2. The maximum absolute atomic E-state index is 11.2. The fraction of sp³-hybridized carbons (Fsp3) is 0.889. The second kappa shape index (κ2) is 4.49. The van der Waals surface area contributed by atoms with Crippen LogP contribution in [0.15, 0.2) is 0 Å². The molecule has 0 bridgehead atoms. The molecule has 1 aliphatic carbocycles. The molecule has 0 aliphatic heterocycles. The Morgan fingerprint density at radius 2 is 2.07 bits per heavy atom. The lowest BCUT2D eigenvalue weighted by Crippen LogP contribution is -2.55. The summed E-state index contributed by atoms with van der Waals surface area (Å²) in [6, 6.07) is 0. The van der Waals surface area contributed by atoms with E-state index in [1.807, 2.05) is 0 Å². The first kappa shape index (κ1) is 12.4. The number of sulfone groups is 1. The van der Waals surface area contributed by atoms with Crippen molar-refractivity contribution in [2.75, 3.05) is 18.6 Å². The lowest BCUT2D eigenvalue weighted by molar-refractivity contribution is -0.121. The summed E-state index contributed by atoms with van der Waals surface area (Å²) in [5, 5.41) is 2.67. The predicted molar refractivity (Wildman–Crippen MR) is 58.1 cm³/mol. The van der Waals surface area contributed by atoms with Gasteiger partial charge in [0.15, 0.2) is 0 Å². The summed E-state index contributed by atoms with van der Waals surface area (Å²) >= 11 is 0. The van der Waals surface area contributed by atoms with Crippen LogP contribution in [0.3, 0.4) is 0 Å². The van der Waals surface area contributed by atoms with Gasteiger partial charge < -0.3 is 11.1 Å². The summed E-state index contributed by atoms with van der Waals surface area (Å²) in [5.41, 5.74) is 5.65. The van der Waals surface area contributed by atoms with E-state index in [4.69, 9.17) is 5.73 Å². The topological polar surface area (TPSA) is 89.3 Å². The first-order valence-corrected chi connectivity index (χ1v) is 7.10. The molecule has 1 saturated carbocycles. The largest absolute Gasteiger partial charge is 0.354 e. The molecule has 0 heterocycles. The lowest BCUT2D eigenvalue weighted by Gasteiger charge is -2.38. The number of nitrogens with two attached hydrogens (primary N) is 1. The van der Waals surface area contributed by atoms with Gasteiger partial charge in [-0.05, 0) is 19.3 Å². The molecule has 0 unspecified atom stereocenters. The summed E-state index contributed by atoms with van der Waals surface area (Å²) in [6.45, 7) is 0.454. The van der Waals surface area contributed by atoms with Crippen molar-refractivity contribution in [3.05, 3.63) is 0 Å². The highest BCUT2D eigenvalue weighted by atomic mass is 32.2. The van der Waals surface area contributed by atoms with E-state index in [9.17, 15) is 13.2 Å². The molecule has 0 aromatic carbocycles. The summed E-state index contributed by atoms with van der Waals surface area (Å²) in [7, 11) is -3.06. The third-order valence-corrected chi connectivity index (χ3v) is 3.63. The number of amides is 1. The monoisotopic (exact) mass is 234 g/mol. The van der Waals surface area contributed by atoms with E-state index in [-0.39, 0.29) is 23.6 Å². The van der Waals surface area contributed by atoms with Crippen LogP contribution < -0.4 is 11.1 Å². The lowest BCUT2D eigenvalue weighted by atomic mass is 9.78. The molecule has 1 fully saturated rings. The first-order valence-electron chi connectivity index (χ1n) is 5.04. The molecule has 88 valence electrons. The molecule has 0 radical (unpaired) electrons. The molecule has 0 spiro atoms. The number of hydrogen-bond acceptors (Lipinski definition) is 4. The highest BCUT2D eigenvalue weighted by molar-refractivity contribution is 7.90. The molecular formula is C9H18N2O3S. The minimum Gasteiger partial charge on any atom is -0.354 e. The molecule has 0 saturated heterocycles. The molecule has 15 heavy (non-hydrogen) atoms. The second-order valence-electron chi connectivity index (χ2n) is 4.37. The van der Waals surface area contributed by atoms with Gasteiger partial charge in [0.1, 0.15) is 9.84 Å². The van der Waals surface area contributed by atoms with Gasteiger partial charge in [-0.3, -0.25) is 4.79 Å². The number of carbonyl (C=O) groups excluding carboxylic acids is 1. The summed E-state index contributed by atoms with van der Waals surface area (Å²) in [6.07, 6.45) is 4.11. The maximum atomic E-state index is 11.2. The number of rotatable bonds is 5. The van der Waals surface area contributed by atoms with Crippen molar-refractivity contribution < 1.29 is 13.2 Å². The Morgan fingerprint density at radius 3 is 2.47 bits per heavy atom. The van der Waals surface area contributed by atoms with E-state index in [0.717, 1.165) is 25.5 Å². The molecule has 0 aromatic rings. The summed E-state index contributed by atoms with van der Waals surface area (Å²) in [5.74, 6) is -0.340. The molecule has 5 nitrogen and oxygen atoms in total. The third kappa shape index (κ3) is 4.61. The number of carbonyl (C=O) groups is 1. The van der Waals surface area contributed by atoms with Gasteiger partial charge in [0, 0.05) is 24.8 Å². The van der Waals surface area contributed by atoms with Crippen molar-refractivity contribution in [2.45, 2.75) is 31.2 Å². The fourth-order valence-electron chi connectivity index (χ4n) is 1.45. The van der Waals surface area contributed by atoms with E-state index < -0.39 is 9.84 Å². The quantitative estimate of drug-likeness (QED) is 0.666. The van der Waals surface area contributed by atoms with Crippen LogP contribution in [-0.4, -0.2) is 38.4 Å². The molecule has 3 N–H and O–H groups in total. The van der Waals surface area contributed by atoms with Crippen LogP contribution in [0.4, 0.5) is 0 Å². The van der Waals surface area contributed by atoms with Gasteiger partial charge in [-0.25, -0.2) is 8.42 Å². The average molecular weight is 234 g/mol. The third-order valence-electron chi connectivity index (χ3n) is 2.69. The van der Waals surface area contributed by atoms with Crippen molar-refractivity contribution in [1.29, 1.82) is 0 Å². The highest BCUT2D eigenvalue weighted by Crippen LogP contribution is 2.27. The average Bonchev–Trinajstić information content (AvgIpc) is 2.07. The Hall–Kier alpha value is -0.620. The van der Waals surface area contributed by atoms with E-state index in [1.165, 1.54) is 0 Å². The SMILES string of the molecule is CS(=O)(=O)CCC(=O)NCC1(N)CCC1. The van der Waals surface area contributed by atoms with Crippen LogP contribution in [0.2, 0.25) is 0 Å². The fourth-order valence-corrected chi connectivity index (χ4v) is 2.00. The normalized spacial score (nSPS) is 19.3. The molecule has 1 aliphatic rings. The van der Waals surface area contributed by atoms with Gasteiger partial charge in [0.25, 0.3) is 0 Å². The van der Waals surface area contributed by atoms with Crippen LogP contribution >= 0.6 is 0 Å². The van der Waals surface area contributed by atoms with E-state index in [0.29, 0.717) is 6.54 Å². The number of nitrogens with one attached hydrogen (secondary N) is 1. The zero-order chi connectivity index (χ0) is 11.5. The standard InChI is InChI=1S/C9H18N2O3S/c1-15(13,14)6-3-8(12)11-7-9(10)4-2-5-9/h2-7,10H2,1H3,(H,11,12). The molecule has 0 atom stereocenters. The predicted octanol–water partition coefficient (Wildman–Crippen LogP) is -0.581. The van der Waals surface area contributed by atoms with Gasteiger partial charge in [0.05, 0.1) is 5.75 Å². The smallest absolute Gasteiger partial charge is 0.221 e. The minimum atomic E-state index is -3.06. The molecule has 0 aromatic heterocycles. The Bertz CT molecular complexity index is 333. The van der Waals surface area contributed by atoms with Crippen molar-refractivity contribution in [3.8, 4) is 0 Å². The Morgan fingerprint density at radius 1 is 1.47 bits per heavy atom. The van der Waals surface area contributed by atoms with Crippen LogP contribution in [0.5, 0.6) is 0 Å². The molecule has 6 heteroatoms. The first-order chi connectivity index (χ1) is 6.81. The van der Waals surface area contributed by atoms with Crippen LogP contribution in [0.25, 0.3) is 0 Å². The van der Waals surface area contributed by atoms with E-state index in [2.05, 4.69) is 5.32 Å². The highest BCUT2D eigenvalue weighted by Gasteiger charge is 2.32. The van der Waals surface area contributed by atoms with Crippen molar-refractivity contribution in [1.82, 2.24) is 5.32 Å².